The van der Waals surface area contributed by atoms with E-state index >= 15 is 0 Å². The van der Waals surface area contributed by atoms with Gasteiger partial charge in [0.1, 0.15) is 0 Å². The van der Waals surface area contributed by atoms with Gasteiger partial charge in [-0.1, -0.05) is 12.1 Å². The Bertz CT molecular complexity index is 883. The average Bonchev–Trinajstić information content (AvgIpc) is 3.23. The van der Waals surface area contributed by atoms with E-state index in [9.17, 15) is 4.79 Å². The standard InChI is InChI=1S/C22H32N6O/c1-15(13-20-16(2)26-27(5)17(20)3)25-22(23-4)24-14-18-8-10-19(11-9-18)28-12-6-7-21(28)29/h8-11,15H,6-7,12-14H2,1-5H3,(H2,23,24,25). The van der Waals surface area contributed by atoms with Crippen LogP contribution in [-0.4, -0.2) is 41.3 Å². The van der Waals surface area contributed by atoms with E-state index in [4.69, 9.17) is 0 Å². The van der Waals surface area contributed by atoms with Crippen molar-refractivity contribution in [3.05, 3.63) is 46.8 Å². The summed E-state index contributed by atoms with van der Waals surface area (Å²) in [5.74, 6) is 0.990. The molecular weight excluding hydrogens is 364 g/mol. The summed E-state index contributed by atoms with van der Waals surface area (Å²) < 4.78 is 1.93. The van der Waals surface area contributed by atoms with E-state index in [1.165, 1.54) is 11.3 Å². The largest absolute Gasteiger partial charge is 0.354 e. The van der Waals surface area contributed by atoms with Crippen LogP contribution in [0.5, 0.6) is 0 Å². The first-order valence-corrected chi connectivity index (χ1v) is 10.2. The first-order chi connectivity index (χ1) is 13.9. The monoisotopic (exact) mass is 396 g/mol. The SMILES string of the molecule is CN=C(NCc1ccc(N2CCCC2=O)cc1)NC(C)Cc1c(C)nn(C)c1C. The van der Waals surface area contributed by atoms with Crippen LogP contribution in [0.4, 0.5) is 5.69 Å². The first-order valence-electron chi connectivity index (χ1n) is 10.2. The van der Waals surface area contributed by atoms with Crippen molar-refractivity contribution < 1.29 is 4.79 Å². The van der Waals surface area contributed by atoms with Gasteiger partial charge in [0.2, 0.25) is 5.91 Å². The summed E-state index contributed by atoms with van der Waals surface area (Å²) in [6, 6.07) is 8.39. The van der Waals surface area contributed by atoms with Gasteiger partial charge in [-0.3, -0.25) is 14.5 Å². The number of amides is 1. The van der Waals surface area contributed by atoms with Crippen LogP contribution in [0.3, 0.4) is 0 Å². The Labute approximate surface area is 173 Å². The van der Waals surface area contributed by atoms with Crippen molar-refractivity contribution in [2.75, 3.05) is 18.5 Å². The smallest absolute Gasteiger partial charge is 0.227 e. The molecule has 1 fully saturated rings. The van der Waals surface area contributed by atoms with Crippen LogP contribution in [0.2, 0.25) is 0 Å². The molecule has 0 spiro atoms. The Balaban J connectivity index is 1.53. The topological polar surface area (TPSA) is 74.6 Å². The van der Waals surface area contributed by atoms with Crippen molar-refractivity contribution in [3.63, 3.8) is 0 Å². The van der Waals surface area contributed by atoms with Crippen molar-refractivity contribution in [2.45, 2.75) is 52.6 Å². The van der Waals surface area contributed by atoms with Crippen LogP contribution in [0.15, 0.2) is 29.3 Å². The zero-order valence-electron chi connectivity index (χ0n) is 18.1. The number of aliphatic imine (C=N–C) groups is 1. The summed E-state index contributed by atoms with van der Waals surface area (Å²) >= 11 is 0. The third kappa shape index (κ3) is 4.96. The number of hydrogen-bond donors (Lipinski definition) is 2. The molecule has 29 heavy (non-hydrogen) atoms. The summed E-state index contributed by atoms with van der Waals surface area (Å²) in [6.07, 6.45) is 2.49. The van der Waals surface area contributed by atoms with E-state index in [0.29, 0.717) is 13.0 Å². The lowest BCUT2D eigenvalue weighted by atomic mass is 10.1. The highest BCUT2D eigenvalue weighted by Crippen LogP contribution is 2.21. The van der Waals surface area contributed by atoms with E-state index in [0.717, 1.165) is 42.3 Å². The molecule has 1 aliphatic heterocycles. The van der Waals surface area contributed by atoms with Crippen LogP contribution in [0.1, 0.15) is 42.3 Å². The van der Waals surface area contributed by atoms with Gasteiger partial charge in [-0.15, -0.1) is 0 Å². The van der Waals surface area contributed by atoms with E-state index < -0.39 is 0 Å². The van der Waals surface area contributed by atoms with Gasteiger partial charge >= 0.3 is 0 Å². The summed E-state index contributed by atoms with van der Waals surface area (Å²) in [5.41, 5.74) is 5.70. The quantitative estimate of drug-likeness (QED) is 0.581. The van der Waals surface area contributed by atoms with Gasteiger partial charge in [0.05, 0.1) is 5.69 Å². The third-order valence-corrected chi connectivity index (χ3v) is 5.56. The minimum Gasteiger partial charge on any atom is -0.354 e. The summed E-state index contributed by atoms with van der Waals surface area (Å²) in [4.78, 5) is 18.1. The minimum atomic E-state index is 0.216. The Hall–Kier alpha value is -2.83. The highest BCUT2D eigenvalue weighted by atomic mass is 16.2. The Morgan fingerprint density at radius 2 is 2.00 bits per heavy atom. The lowest BCUT2D eigenvalue weighted by Crippen LogP contribution is -2.42. The Kier molecular flexibility index (Phi) is 6.56. The minimum absolute atomic E-state index is 0.216. The molecule has 1 amide bonds. The molecule has 1 aromatic carbocycles. The molecule has 2 aromatic rings. The van der Waals surface area contributed by atoms with Gasteiger partial charge in [-0.05, 0) is 56.9 Å². The number of nitrogens with zero attached hydrogens (tertiary/aromatic N) is 4. The van der Waals surface area contributed by atoms with Crippen LogP contribution in [0, 0.1) is 13.8 Å². The zero-order valence-corrected chi connectivity index (χ0v) is 18.1. The van der Waals surface area contributed by atoms with Gasteiger partial charge < -0.3 is 15.5 Å². The molecular formula is C22H32N6O. The number of aromatic nitrogens is 2. The molecule has 1 aliphatic rings. The van der Waals surface area contributed by atoms with Crippen molar-refractivity contribution in [1.29, 1.82) is 0 Å². The van der Waals surface area contributed by atoms with Crippen LogP contribution < -0.4 is 15.5 Å². The molecule has 1 unspecified atom stereocenters. The second kappa shape index (κ2) is 9.11. The van der Waals surface area contributed by atoms with Crippen LogP contribution in [0.25, 0.3) is 0 Å². The Morgan fingerprint density at radius 3 is 2.55 bits per heavy atom. The van der Waals surface area contributed by atoms with Crippen molar-refractivity contribution in [2.24, 2.45) is 12.0 Å². The number of benzene rings is 1. The van der Waals surface area contributed by atoms with Gasteiger partial charge in [0.15, 0.2) is 5.96 Å². The molecule has 7 nitrogen and oxygen atoms in total. The lowest BCUT2D eigenvalue weighted by Gasteiger charge is -2.19. The highest BCUT2D eigenvalue weighted by Gasteiger charge is 2.21. The maximum absolute atomic E-state index is 11.9. The number of hydrogen-bond acceptors (Lipinski definition) is 3. The molecule has 0 saturated carbocycles. The van der Waals surface area contributed by atoms with E-state index in [1.54, 1.807) is 7.05 Å². The van der Waals surface area contributed by atoms with Gasteiger partial charge in [-0.2, -0.15) is 5.10 Å². The normalized spacial score (nSPS) is 15.7. The van der Waals surface area contributed by atoms with E-state index in [2.05, 4.69) is 53.6 Å². The molecule has 1 saturated heterocycles. The lowest BCUT2D eigenvalue weighted by molar-refractivity contribution is -0.117. The molecule has 2 N–H and O–H groups in total. The fourth-order valence-electron chi connectivity index (χ4n) is 3.80. The highest BCUT2D eigenvalue weighted by molar-refractivity contribution is 5.95. The van der Waals surface area contributed by atoms with Gasteiger partial charge in [-0.25, -0.2) is 0 Å². The molecule has 0 radical (unpaired) electrons. The number of carbonyl (C=O) groups excluding carboxylic acids is 1. The Morgan fingerprint density at radius 1 is 1.28 bits per heavy atom. The molecule has 1 aromatic heterocycles. The van der Waals surface area contributed by atoms with Gasteiger partial charge in [0.25, 0.3) is 0 Å². The number of guanidine groups is 1. The predicted octanol–water partition coefficient (Wildman–Crippen LogP) is 2.46. The maximum atomic E-state index is 11.9. The third-order valence-electron chi connectivity index (χ3n) is 5.56. The number of nitrogens with one attached hydrogen (secondary N) is 2. The number of aryl methyl sites for hydroxylation is 2. The van der Waals surface area contributed by atoms with Crippen LogP contribution in [-0.2, 0) is 24.8 Å². The van der Waals surface area contributed by atoms with Crippen molar-refractivity contribution in [1.82, 2.24) is 20.4 Å². The summed E-state index contributed by atoms with van der Waals surface area (Å²) in [6.45, 7) is 7.81. The molecule has 1 atom stereocenters. The fourth-order valence-corrected chi connectivity index (χ4v) is 3.80. The zero-order chi connectivity index (χ0) is 21.0. The fraction of sp³-hybridized carbons (Fsp3) is 0.500. The molecule has 0 aliphatic carbocycles. The second-order valence-corrected chi connectivity index (χ2v) is 7.76. The molecule has 7 heteroatoms. The van der Waals surface area contributed by atoms with Crippen LogP contribution >= 0.6 is 0 Å². The molecule has 3 rings (SSSR count). The molecule has 0 bridgehead atoms. The number of carbonyl (C=O) groups is 1. The first kappa shape index (κ1) is 20.9. The second-order valence-electron chi connectivity index (χ2n) is 7.76. The number of anilines is 1. The number of rotatable bonds is 6. The molecule has 156 valence electrons. The van der Waals surface area contributed by atoms with Crippen molar-refractivity contribution in [3.8, 4) is 0 Å². The summed E-state index contributed by atoms with van der Waals surface area (Å²) in [5, 5.41) is 11.3. The van der Waals surface area contributed by atoms with E-state index in [-0.39, 0.29) is 11.9 Å². The molecule has 2 heterocycles. The van der Waals surface area contributed by atoms with Gasteiger partial charge in [0, 0.05) is 51.0 Å². The maximum Gasteiger partial charge on any atom is 0.227 e. The van der Waals surface area contributed by atoms with Crippen molar-refractivity contribution >= 4 is 17.6 Å². The van der Waals surface area contributed by atoms with E-state index in [1.807, 2.05) is 28.8 Å². The predicted molar refractivity (Wildman–Crippen MR) is 117 cm³/mol. The average molecular weight is 397 g/mol. The summed E-state index contributed by atoms with van der Waals surface area (Å²) in [7, 11) is 3.76.